The van der Waals surface area contributed by atoms with Gasteiger partial charge < -0.3 is 9.80 Å². The molecule has 138 valence electrons. The molecule has 0 aliphatic carbocycles. The van der Waals surface area contributed by atoms with Crippen molar-refractivity contribution in [1.29, 1.82) is 0 Å². The summed E-state index contributed by atoms with van der Waals surface area (Å²) >= 11 is 3.30. The van der Waals surface area contributed by atoms with Gasteiger partial charge in [-0.15, -0.1) is 0 Å². The lowest BCUT2D eigenvalue weighted by Crippen LogP contribution is -2.46. The van der Waals surface area contributed by atoms with E-state index >= 15 is 0 Å². The standard InChI is InChI=1S/C20H23BrFN3O/c1-24(20(26)18-14-15(21)5-6-19(18)22)17-8-12-25(13-9-17)11-7-16-4-2-3-10-23-16/h2-6,10,14,17H,7-9,11-13H2,1H3. The molecule has 2 aromatic rings. The van der Waals surface area contributed by atoms with Crippen molar-refractivity contribution in [3.8, 4) is 0 Å². The zero-order valence-electron chi connectivity index (χ0n) is 14.9. The van der Waals surface area contributed by atoms with Crippen molar-refractivity contribution in [3.05, 3.63) is 64.1 Å². The number of carbonyl (C=O) groups excluding carboxylic acids is 1. The van der Waals surface area contributed by atoms with Crippen LogP contribution in [0.2, 0.25) is 0 Å². The first-order valence-electron chi connectivity index (χ1n) is 8.89. The summed E-state index contributed by atoms with van der Waals surface area (Å²) in [5.41, 5.74) is 1.23. The fourth-order valence-corrected chi connectivity index (χ4v) is 3.73. The van der Waals surface area contributed by atoms with E-state index in [0.29, 0.717) is 4.47 Å². The van der Waals surface area contributed by atoms with Gasteiger partial charge in [-0.25, -0.2) is 4.39 Å². The van der Waals surface area contributed by atoms with Crippen molar-refractivity contribution in [3.63, 3.8) is 0 Å². The molecule has 1 aromatic heterocycles. The molecule has 0 bridgehead atoms. The average Bonchev–Trinajstić information content (AvgIpc) is 2.68. The summed E-state index contributed by atoms with van der Waals surface area (Å²) in [6, 6.07) is 10.6. The van der Waals surface area contributed by atoms with Gasteiger partial charge in [0, 0.05) is 55.5 Å². The first-order chi connectivity index (χ1) is 12.5. The molecule has 2 heterocycles. The molecular formula is C20H23BrFN3O. The number of hydrogen-bond donors (Lipinski definition) is 0. The van der Waals surface area contributed by atoms with Crippen LogP contribution in [-0.2, 0) is 6.42 Å². The van der Waals surface area contributed by atoms with Crippen LogP contribution in [0.3, 0.4) is 0 Å². The number of nitrogens with zero attached hydrogens (tertiary/aromatic N) is 3. The van der Waals surface area contributed by atoms with E-state index in [2.05, 4.69) is 25.8 Å². The Kier molecular flexibility index (Phi) is 6.38. The predicted octanol–water partition coefficient (Wildman–Crippen LogP) is 3.76. The first-order valence-corrected chi connectivity index (χ1v) is 9.68. The van der Waals surface area contributed by atoms with Crippen LogP contribution in [0.15, 0.2) is 47.1 Å². The van der Waals surface area contributed by atoms with Crippen LogP contribution in [-0.4, -0.2) is 53.4 Å². The Balaban J connectivity index is 1.52. The molecule has 0 atom stereocenters. The van der Waals surface area contributed by atoms with Crippen LogP contribution >= 0.6 is 15.9 Å². The van der Waals surface area contributed by atoms with Crippen molar-refractivity contribution in [1.82, 2.24) is 14.8 Å². The SMILES string of the molecule is CN(C(=O)c1cc(Br)ccc1F)C1CCN(CCc2ccccn2)CC1. The molecule has 1 aliphatic heterocycles. The van der Waals surface area contributed by atoms with E-state index in [1.807, 2.05) is 24.4 Å². The van der Waals surface area contributed by atoms with E-state index in [9.17, 15) is 9.18 Å². The Hall–Kier alpha value is -1.79. The highest BCUT2D eigenvalue weighted by Crippen LogP contribution is 2.21. The molecule has 6 heteroatoms. The van der Waals surface area contributed by atoms with Crippen molar-refractivity contribution in [2.24, 2.45) is 0 Å². The van der Waals surface area contributed by atoms with Crippen LogP contribution in [0.1, 0.15) is 28.9 Å². The van der Waals surface area contributed by atoms with Gasteiger partial charge in [0.15, 0.2) is 0 Å². The van der Waals surface area contributed by atoms with Gasteiger partial charge in [0.1, 0.15) is 5.82 Å². The van der Waals surface area contributed by atoms with Crippen LogP contribution in [0.4, 0.5) is 4.39 Å². The molecule has 1 aromatic carbocycles. The number of hydrogen-bond acceptors (Lipinski definition) is 3. The van der Waals surface area contributed by atoms with Crippen LogP contribution in [0.25, 0.3) is 0 Å². The second-order valence-electron chi connectivity index (χ2n) is 6.68. The van der Waals surface area contributed by atoms with Gasteiger partial charge in [-0.3, -0.25) is 9.78 Å². The minimum atomic E-state index is -0.474. The van der Waals surface area contributed by atoms with E-state index in [1.54, 1.807) is 24.1 Å². The zero-order valence-corrected chi connectivity index (χ0v) is 16.5. The highest BCUT2D eigenvalue weighted by molar-refractivity contribution is 9.10. The third-order valence-corrected chi connectivity index (χ3v) is 5.49. The smallest absolute Gasteiger partial charge is 0.256 e. The maximum atomic E-state index is 14.0. The maximum Gasteiger partial charge on any atom is 0.256 e. The second-order valence-corrected chi connectivity index (χ2v) is 7.60. The number of piperidine rings is 1. The Morgan fingerprint density at radius 3 is 2.77 bits per heavy atom. The monoisotopic (exact) mass is 419 g/mol. The van der Waals surface area contributed by atoms with E-state index in [-0.39, 0.29) is 17.5 Å². The first kappa shape index (κ1) is 19.0. The van der Waals surface area contributed by atoms with Crippen LogP contribution in [0, 0.1) is 5.82 Å². The molecule has 0 radical (unpaired) electrons. The normalized spacial score (nSPS) is 15.8. The van der Waals surface area contributed by atoms with Gasteiger partial charge >= 0.3 is 0 Å². The van der Waals surface area contributed by atoms with Crippen LogP contribution in [0.5, 0.6) is 0 Å². The third-order valence-electron chi connectivity index (χ3n) is 4.99. The van der Waals surface area contributed by atoms with Gasteiger partial charge in [0.2, 0.25) is 0 Å². The minimum absolute atomic E-state index is 0.124. The quantitative estimate of drug-likeness (QED) is 0.739. The topological polar surface area (TPSA) is 36.4 Å². The maximum absolute atomic E-state index is 14.0. The lowest BCUT2D eigenvalue weighted by molar-refractivity contribution is 0.0639. The largest absolute Gasteiger partial charge is 0.339 e. The number of halogens is 2. The number of rotatable bonds is 5. The van der Waals surface area contributed by atoms with Crippen molar-refractivity contribution in [2.45, 2.75) is 25.3 Å². The van der Waals surface area contributed by atoms with Crippen molar-refractivity contribution < 1.29 is 9.18 Å². The lowest BCUT2D eigenvalue weighted by Gasteiger charge is -2.36. The summed E-state index contributed by atoms with van der Waals surface area (Å²) < 4.78 is 14.7. The molecule has 1 fully saturated rings. The molecule has 3 rings (SSSR count). The summed E-state index contributed by atoms with van der Waals surface area (Å²) in [4.78, 5) is 21.1. The van der Waals surface area contributed by atoms with E-state index in [4.69, 9.17) is 0 Å². The van der Waals surface area contributed by atoms with E-state index in [0.717, 1.165) is 44.6 Å². The van der Waals surface area contributed by atoms with Crippen molar-refractivity contribution >= 4 is 21.8 Å². The highest BCUT2D eigenvalue weighted by atomic mass is 79.9. The molecule has 1 saturated heterocycles. The van der Waals surface area contributed by atoms with Gasteiger partial charge in [-0.1, -0.05) is 22.0 Å². The Morgan fingerprint density at radius 2 is 2.08 bits per heavy atom. The summed E-state index contributed by atoms with van der Waals surface area (Å²) in [6.07, 6.45) is 4.56. The fraction of sp³-hybridized carbons (Fsp3) is 0.400. The molecule has 0 N–H and O–H groups in total. The molecule has 0 spiro atoms. The minimum Gasteiger partial charge on any atom is -0.339 e. The molecule has 1 amide bonds. The highest BCUT2D eigenvalue weighted by Gasteiger charge is 2.27. The van der Waals surface area contributed by atoms with Gasteiger partial charge in [-0.05, 0) is 43.2 Å². The number of aromatic nitrogens is 1. The molecule has 0 unspecified atom stereocenters. The summed E-state index contributed by atoms with van der Waals surface area (Å²) in [7, 11) is 1.77. The molecule has 4 nitrogen and oxygen atoms in total. The number of amides is 1. The summed E-state index contributed by atoms with van der Waals surface area (Å²) in [6.45, 7) is 2.85. The molecule has 0 saturated carbocycles. The number of carbonyl (C=O) groups is 1. The second kappa shape index (κ2) is 8.73. The Morgan fingerprint density at radius 1 is 1.31 bits per heavy atom. The van der Waals surface area contributed by atoms with Crippen LogP contribution < -0.4 is 0 Å². The summed E-state index contributed by atoms with van der Waals surface area (Å²) in [5.74, 6) is -0.728. The van der Waals surface area contributed by atoms with Gasteiger partial charge in [-0.2, -0.15) is 0 Å². The fourth-order valence-electron chi connectivity index (χ4n) is 3.37. The average molecular weight is 420 g/mol. The Labute approximate surface area is 162 Å². The van der Waals surface area contributed by atoms with E-state index < -0.39 is 5.82 Å². The number of likely N-dealkylation sites (tertiary alicyclic amines) is 1. The number of pyridine rings is 1. The Bertz CT molecular complexity index is 748. The lowest BCUT2D eigenvalue weighted by atomic mass is 10.0. The summed E-state index contributed by atoms with van der Waals surface area (Å²) in [5, 5.41) is 0. The zero-order chi connectivity index (χ0) is 18.5. The third kappa shape index (κ3) is 4.68. The molecule has 26 heavy (non-hydrogen) atoms. The van der Waals surface area contributed by atoms with Crippen molar-refractivity contribution in [2.75, 3.05) is 26.7 Å². The molecule has 1 aliphatic rings. The predicted molar refractivity (Wildman–Crippen MR) is 104 cm³/mol. The van der Waals surface area contributed by atoms with Gasteiger partial charge in [0.25, 0.3) is 5.91 Å². The number of benzene rings is 1. The molecular weight excluding hydrogens is 397 g/mol. The van der Waals surface area contributed by atoms with E-state index in [1.165, 1.54) is 6.07 Å². The van der Waals surface area contributed by atoms with Gasteiger partial charge in [0.05, 0.1) is 5.56 Å².